The Morgan fingerprint density at radius 3 is 2.90 bits per heavy atom. The monoisotopic (exact) mass is 330 g/mol. The summed E-state index contributed by atoms with van der Waals surface area (Å²) in [5.74, 6) is 0.249. The van der Waals surface area contributed by atoms with E-state index in [9.17, 15) is 4.39 Å². The summed E-state index contributed by atoms with van der Waals surface area (Å²) in [5.41, 5.74) is 2.91. The Morgan fingerprint density at radius 2 is 2.15 bits per heavy atom. The fourth-order valence-electron chi connectivity index (χ4n) is 2.37. The van der Waals surface area contributed by atoms with Crippen LogP contribution in [-0.2, 0) is 0 Å². The SMILES string of the molecule is Fc1cc(Br)ccc1-c1cc2n[c]cc(C3CC3)n2n1. The van der Waals surface area contributed by atoms with Crippen molar-refractivity contribution in [3.63, 3.8) is 0 Å². The summed E-state index contributed by atoms with van der Waals surface area (Å²) in [5, 5.41) is 4.51. The van der Waals surface area contributed by atoms with Crippen LogP contribution in [0.3, 0.4) is 0 Å². The number of halogens is 2. The lowest BCUT2D eigenvalue weighted by Crippen LogP contribution is -1.98. The van der Waals surface area contributed by atoms with Gasteiger partial charge in [-0.2, -0.15) is 5.10 Å². The van der Waals surface area contributed by atoms with Crippen molar-refractivity contribution >= 4 is 21.6 Å². The molecule has 1 radical (unpaired) electrons. The molecule has 1 fully saturated rings. The maximum atomic E-state index is 14.0. The zero-order chi connectivity index (χ0) is 13.7. The van der Waals surface area contributed by atoms with Gasteiger partial charge in [-0.05, 0) is 37.1 Å². The molecule has 0 atom stereocenters. The van der Waals surface area contributed by atoms with Crippen molar-refractivity contribution in [2.45, 2.75) is 18.8 Å². The van der Waals surface area contributed by atoms with Gasteiger partial charge in [-0.25, -0.2) is 13.9 Å². The molecule has 20 heavy (non-hydrogen) atoms. The van der Waals surface area contributed by atoms with Crippen molar-refractivity contribution in [1.29, 1.82) is 0 Å². The van der Waals surface area contributed by atoms with E-state index in [1.165, 1.54) is 18.9 Å². The first-order chi connectivity index (χ1) is 9.72. The fourth-order valence-corrected chi connectivity index (χ4v) is 2.70. The number of fused-ring (bicyclic) bond motifs is 1. The molecule has 0 bridgehead atoms. The molecule has 0 spiro atoms. The Labute approximate surface area is 123 Å². The third kappa shape index (κ3) is 1.93. The van der Waals surface area contributed by atoms with Crippen LogP contribution in [-0.4, -0.2) is 14.6 Å². The average molecular weight is 331 g/mol. The van der Waals surface area contributed by atoms with Gasteiger partial charge in [-0.15, -0.1) is 0 Å². The van der Waals surface area contributed by atoms with Crippen LogP contribution in [0.4, 0.5) is 4.39 Å². The summed E-state index contributed by atoms with van der Waals surface area (Å²) in [4.78, 5) is 4.19. The van der Waals surface area contributed by atoms with E-state index in [4.69, 9.17) is 0 Å². The van der Waals surface area contributed by atoms with Gasteiger partial charge < -0.3 is 0 Å². The van der Waals surface area contributed by atoms with Crippen LogP contribution in [0.1, 0.15) is 24.5 Å². The van der Waals surface area contributed by atoms with Gasteiger partial charge in [-0.1, -0.05) is 15.9 Å². The number of hydrogen-bond acceptors (Lipinski definition) is 2. The van der Waals surface area contributed by atoms with Crippen LogP contribution in [0, 0.1) is 12.0 Å². The maximum absolute atomic E-state index is 14.0. The first kappa shape index (κ1) is 12.0. The molecule has 1 aliphatic carbocycles. The van der Waals surface area contributed by atoms with E-state index >= 15 is 0 Å². The minimum atomic E-state index is -0.292. The van der Waals surface area contributed by atoms with Crippen LogP contribution in [0.2, 0.25) is 0 Å². The standard InChI is InChI=1S/C15H10BrFN3/c16-10-3-4-11(12(17)7-10)13-8-15-18-6-5-14(9-1-2-9)20(15)19-13/h3-5,7-9H,1-2H2. The average Bonchev–Trinajstić information content (AvgIpc) is 3.17. The molecule has 3 aromatic rings. The minimum Gasteiger partial charge on any atom is -0.227 e. The van der Waals surface area contributed by atoms with Crippen LogP contribution in [0.25, 0.3) is 16.9 Å². The summed E-state index contributed by atoms with van der Waals surface area (Å²) in [6.45, 7) is 0. The second-order valence-electron chi connectivity index (χ2n) is 5.01. The molecule has 1 aromatic carbocycles. The van der Waals surface area contributed by atoms with Crippen LogP contribution < -0.4 is 0 Å². The number of rotatable bonds is 2. The van der Waals surface area contributed by atoms with E-state index in [-0.39, 0.29) is 5.82 Å². The number of hydrogen-bond donors (Lipinski definition) is 0. The molecule has 1 saturated carbocycles. The highest BCUT2D eigenvalue weighted by Crippen LogP contribution is 2.40. The van der Waals surface area contributed by atoms with E-state index in [0.29, 0.717) is 27.3 Å². The summed E-state index contributed by atoms with van der Waals surface area (Å²) in [6.07, 6.45) is 5.25. The van der Waals surface area contributed by atoms with Gasteiger partial charge in [0.25, 0.3) is 0 Å². The topological polar surface area (TPSA) is 30.2 Å². The van der Waals surface area contributed by atoms with Gasteiger partial charge >= 0.3 is 0 Å². The predicted molar refractivity (Wildman–Crippen MR) is 76.9 cm³/mol. The second kappa shape index (κ2) is 4.38. The van der Waals surface area contributed by atoms with E-state index in [1.807, 2.05) is 16.6 Å². The van der Waals surface area contributed by atoms with E-state index in [2.05, 4.69) is 32.2 Å². The molecule has 0 aliphatic heterocycles. The van der Waals surface area contributed by atoms with Gasteiger partial charge in [-0.3, -0.25) is 0 Å². The van der Waals surface area contributed by atoms with E-state index in [1.54, 1.807) is 12.1 Å². The van der Waals surface area contributed by atoms with Crippen molar-refractivity contribution in [2.75, 3.05) is 0 Å². The van der Waals surface area contributed by atoms with Gasteiger partial charge in [0.05, 0.1) is 11.9 Å². The van der Waals surface area contributed by atoms with Crippen molar-refractivity contribution < 1.29 is 4.39 Å². The quantitative estimate of drug-likeness (QED) is 0.711. The molecular weight excluding hydrogens is 321 g/mol. The number of benzene rings is 1. The van der Waals surface area contributed by atoms with Gasteiger partial charge in [0.15, 0.2) is 5.65 Å². The smallest absolute Gasteiger partial charge is 0.156 e. The Morgan fingerprint density at radius 1 is 1.30 bits per heavy atom. The Hall–Kier alpha value is -1.75. The number of aromatic nitrogens is 3. The Kier molecular flexibility index (Phi) is 2.63. The minimum absolute atomic E-state index is 0.292. The Balaban J connectivity index is 1.90. The van der Waals surface area contributed by atoms with E-state index < -0.39 is 0 Å². The largest absolute Gasteiger partial charge is 0.227 e. The first-order valence-corrected chi connectivity index (χ1v) is 7.24. The van der Waals surface area contributed by atoms with Crippen molar-refractivity contribution in [2.24, 2.45) is 0 Å². The molecule has 2 heterocycles. The van der Waals surface area contributed by atoms with Crippen molar-refractivity contribution in [3.05, 3.63) is 52.5 Å². The van der Waals surface area contributed by atoms with Crippen molar-refractivity contribution in [3.8, 4) is 11.3 Å². The zero-order valence-electron chi connectivity index (χ0n) is 10.5. The van der Waals surface area contributed by atoms with Crippen molar-refractivity contribution in [1.82, 2.24) is 14.6 Å². The highest BCUT2D eigenvalue weighted by Gasteiger charge is 2.27. The third-order valence-corrected chi connectivity index (χ3v) is 4.02. The summed E-state index contributed by atoms with van der Waals surface area (Å²) in [6, 6.07) is 8.65. The lowest BCUT2D eigenvalue weighted by atomic mass is 10.1. The summed E-state index contributed by atoms with van der Waals surface area (Å²) >= 11 is 3.26. The molecule has 0 N–H and O–H groups in total. The van der Waals surface area contributed by atoms with Gasteiger partial charge in [0.1, 0.15) is 5.82 Å². The van der Waals surface area contributed by atoms with Crippen LogP contribution >= 0.6 is 15.9 Å². The highest BCUT2D eigenvalue weighted by atomic mass is 79.9. The Bertz CT molecular complexity index is 808. The highest BCUT2D eigenvalue weighted by molar-refractivity contribution is 9.10. The first-order valence-electron chi connectivity index (χ1n) is 6.44. The predicted octanol–water partition coefficient (Wildman–Crippen LogP) is 3.98. The fraction of sp³-hybridized carbons (Fsp3) is 0.200. The molecule has 5 heteroatoms. The molecule has 99 valence electrons. The summed E-state index contributed by atoms with van der Waals surface area (Å²) < 4.78 is 16.6. The van der Waals surface area contributed by atoms with Gasteiger partial charge in [0.2, 0.25) is 0 Å². The molecule has 0 unspecified atom stereocenters. The summed E-state index contributed by atoms with van der Waals surface area (Å²) in [7, 11) is 0. The lowest BCUT2D eigenvalue weighted by Gasteiger charge is -2.01. The third-order valence-electron chi connectivity index (χ3n) is 3.53. The molecule has 4 rings (SSSR count). The molecule has 0 amide bonds. The zero-order valence-corrected chi connectivity index (χ0v) is 12.1. The van der Waals surface area contributed by atoms with Crippen LogP contribution in [0.5, 0.6) is 0 Å². The van der Waals surface area contributed by atoms with Gasteiger partial charge in [0, 0.05) is 27.7 Å². The normalized spacial score (nSPS) is 14.9. The second-order valence-corrected chi connectivity index (χ2v) is 5.92. The molecule has 3 nitrogen and oxygen atoms in total. The van der Waals surface area contributed by atoms with E-state index in [0.717, 1.165) is 5.69 Å². The molecule has 0 saturated heterocycles. The molecule has 2 aromatic heterocycles. The molecular formula is C15H10BrFN3. The maximum Gasteiger partial charge on any atom is 0.156 e. The molecule has 1 aliphatic rings. The lowest BCUT2D eigenvalue weighted by molar-refractivity contribution is 0.629. The van der Waals surface area contributed by atoms with Crippen LogP contribution in [0.15, 0.2) is 34.8 Å². The number of nitrogens with zero attached hydrogens (tertiary/aromatic N) is 3.